The van der Waals surface area contributed by atoms with Gasteiger partial charge in [0.25, 0.3) is 5.56 Å². The minimum absolute atomic E-state index is 0.0849. The maximum Gasteiger partial charge on any atom is 0.314 e. The summed E-state index contributed by atoms with van der Waals surface area (Å²) < 4.78 is 1.44. The van der Waals surface area contributed by atoms with Crippen molar-refractivity contribution < 1.29 is 4.79 Å². The third-order valence-electron chi connectivity index (χ3n) is 3.22. The third-order valence-corrected chi connectivity index (χ3v) is 3.22. The van der Waals surface area contributed by atoms with Gasteiger partial charge in [0.2, 0.25) is 0 Å². The van der Waals surface area contributed by atoms with Gasteiger partial charge in [-0.1, -0.05) is 0 Å². The number of urea groups is 1. The van der Waals surface area contributed by atoms with Crippen LogP contribution in [0.5, 0.6) is 0 Å². The maximum atomic E-state index is 11.9. The van der Waals surface area contributed by atoms with Gasteiger partial charge in [-0.05, 0) is 38.2 Å². The zero-order chi connectivity index (χ0) is 13.7. The summed E-state index contributed by atoms with van der Waals surface area (Å²) in [6, 6.07) is 1.47. The van der Waals surface area contributed by atoms with Crippen LogP contribution in [0.3, 0.4) is 0 Å². The van der Waals surface area contributed by atoms with Crippen molar-refractivity contribution in [3.8, 4) is 0 Å². The van der Waals surface area contributed by atoms with Crippen LogP contribution in [0.4, 0.5) is 4.79 Å². The van der Waals surface area contributed by atoms with E-state index in [0.29, 0.717) is 19.6 Å². The van der Waals surface area contributed by atoms with E-state index in [2.05, 4.69) is 15.7 Å². The van der Waals surface area contributed by atoms with E-state index in [0.717, 1.165) is 36.9 Å². The number of hydrogen-bond donors (Lipinski definition) is 2. The zero-order valence-electron chi connectivity index (χ0n) is 11.2. The second-order valence-corrected chi connectivity index (χ2v) is 4.67. The third kappa shape index (κ3) is 3.56. The fourth-order valence-corrected chi connectivity index (χ4v) is 2.26. The Labute approximate surface area is 112 Å². The van der Waals surface area contributed by atoms with Crippen LogP contribution in [0.15, 0.2) is 10.9 Å². The molecular weight excluding hydrogens is 244 g/mol. The molecule has 6 heteroatoms. The number of aromatic nitrogens is 2. The van der Waals surface area contributed by atoms with Gasteiger partial charge in [0, 0.05) is 19.2 Å². The first-order valence-corrected chi connectivity index (χ1v) is 6.82. The van der Waals surface area contributed by atoms with Gasteiger partial charge in [-0.2, -0.15) is 5.10 Å². The molecule has 2 N–H and O–H groups in total. The van der Waals surface area contributed by atoms with Crippen molar-refractivity contribution in [2.75, 3.05) is 13.1 Å². The second-order valence-electron chi connectivity index (χ2n) is 4.67. The summed E-state index contributed by atoms with van der Waals surface area (Å²) in [5, 5.41) is 9.72. The number of hydrogen-bond acceptors (Lipinski definition) is 3. The summed E-state index contributed by atoms with van der Waals surface area (Å²) in [6.45, 7) is 3.25. The normalized spacial score (nSPS) is 13.7. The van der Waals surface area contributed by atoms with E-state index in [4.69, 9.17) is 0 Å². The standard InChI is InChI=1S/C13H20N4O2/c1-2-14-13(19)15-7-8-17-12(18)9-10-5-3-4-6-11(10)16-17/h9H,2-8H2,1H3,(H2,14,15,19). The van der Waals surface area contributed by atoms with Gasteiger partial charge in [0.15, 0.2) is 0 Å². The smallest absolute Gasteiger partial charge is 0.314 e. The summed E-state index contributed by atoms with van der Waals surface area (Å²) in [4.78, 5) is 23.1. The Morgan fingerprint density at radius 3 is 2.95 bits per heavy atom. The molecule has 0 saturated heterocycles. The molecule has 0 aliphatic heterocycles. The molecule has 0 aromatic carbocycles. The Kier molecular flexibility index (Phi) is 4.54. The number of carbonyl (C=O) groups is 1. The van der Waals surface area contributed by atoms with E-state index < -0.39 is 0 Å². The molecule has 0 spiro atoms. The lowest BCUT2D eigenvalue weighted by atomic mass is 9.97. The van der Waals surface area contributed by atoms with Crippen LogP contribution in [0, 0.1) is 0 Å². The van der Waals surface area contributed by atoms with E-state index in [1.807, 2.05) is 6.92 Å². The molecule has 2 amide bonds. The molecule has 0 atom stereocenters. The summed E-state index contributed by atoms with van der Waals surface area (Å²) in [7, 11) is 0. The average molecular weight is 264 g/mol. The lowest BCUT2D eigenvalue weighted by molar-refractivity contribution is 0.240. The minimum atomic E-state index is -0.214. The van der Waals surface area contributed by atoms with Crippen molar-refractivity contribution in [1.82, 2.24) is 20.4 Å². The summed E-state index contributed by atoms with van der Waals surface area (Å²) >= 11 is 0. The molecule has 0 radical (unpaired) electrons. The van der Waals surface area contributed by atoms with Crippen molar-refractivity contribution in [2.24, 2.45) is 0 Å². The van der Waals surface area contributed by atoms with Crippen LogP contribution in [0.25, 0.3) is 0 Å². The largest absolute Gasteiger partial charge is 0.338 e. The number of nitrogens with one attached hydrogen (secondary N) is 2. The Balaban J connectivity index is 1.97. The predicted molar refractivity (Wildman–Crippen MR) is 72.2 cm³/mol. The molecule has 19 heavy (non-hydrogen) atoms. The molecule has 0 saturated carbocycles. The molecular formula is C13H20N4O2. The fourth-order valence-electron chi connectivity index (χ4n) is 2.26. The Morgan fingerprint density at radius 2 is 2.16 bits per heavy atom. The van der Waals surface area contributed by atoms with Crippen LogP contribution >= 0.6 is 0 Å². The molecule has 2 rings (SSSR count). The molecule has 6 nitrogen and oxygen atoms in total. The zero-order valence-corrected chi connectivity index (χ0v) is 11.2. The highest BCUT2D eigenvalue weighted by Crippen LogP contribution is 2.16. The van der Waals surface area contributed by atoms with Crippen molar-refractivity contribution in [3.05, 3.63) is 27.7 Å². The molecule has 1 aromatic rings. The van der Waals surface area contributed by atoms with E-state index >= 15 is 0 Å². The molecule has 1 aliphatic rings. The van der Waals surface area contributed by atoms with Gasteiger partial charge < -0.3 is 10.6 Å². The molecule has 0 bridgehead atoms. The first-order chi connectivity index (χ1) is 9.20. The van der Waals surface area contributed by atoms with Crippen molar-refractivity contribution in [3.63, 3.8) is 0 Å². The first-order valence-electron chi connectivity index (χ1n) is 6.82. The summed E-state index contributed by atoms with van der Waals surface area (Å²) in [5.74, 6) is 0. The topological polar surface area (TPSA) is 76.0 Å². The Bertz CT molecular complexity index is 510. The lowest BCUT2D eigenvalue weighted by Crippen LogP contribution is -2.38. The number of rotatable bonds is 4. The van der Waals surface area contributed by atoms with E-state index in [-0.39, 0.29) is 11.6 Å². The monoisotopic (exact) mass is 264 g/mol. The van der Waals surface area contributed by atoms with Gasteiger partial charge in [0.05, 0.1) is 12.2 Å². The van der Waals surface area contributed by atoms with Crippen molar-refractivity contribution in [1.29, 1.82) is 0 Å². The molecule has 1 aromatic heterocycles. The SMILES string of the molecule is CCNC(=O)NCCn1nc2c(cc1=O)CCCC2. The highest BCUT2D eigenvalue weighted by atomic mass is 16.2. The highest BCUT2D eigenvalue weighted by molar-refractivity contribution is 5.73. The Morgan fingerprint density at radius 1 is 1.37 bits per heavy atom. The molecule has 0 unspecified atom stereocenters. The highest BCUT2D eigenvalue weighted by Gasteiger charge is 2.13. The number of carbonyl (C=O) groups excluding carboxylic acids is 1. The fraction of sp³-hybridized carbons (Fsp3) is 0.615. The van der Waals surface area contributed by atoms with E-state index in [9.17, 15) is 9.59 Å². The van der Waals surface area contributed by atoms with E-state index in [1.165, 1.54) is 4.68 Å². The average Bonchev–Trinajstić information content (AvgIpc) is 2.39. The molecule has 0 fully saturated rings. The first kappa shape index (κ1) is 13.6. The summed E-state index contributed by atoms with van der Waals surface area (Å²) in [6.07, 6.45) is 4.17. The second kappa shape index (κ2) is 6.36. The minimum Gasteiger partial charge on any atom is -0.338 e. The molecule has 1 aliphatic carbocycles. The number of aryl methyl sites for hydroxylation is 2. The Hall–Kier alpha value is -1.85. The molecule has 104 valence electrons. The number of amides is 2. The molecule has 1 heterocycles. The van der Waals surface area contributed by atoms with E-state index in [1.54, 1.807) is 6.07 Å². The number of nitrogens with zero attached hydrogens (tertiary/aromatic N) is 2. The quantitative estimate of drug-likeness (QED) is 0.828. The van der Waals surface area contributed by atoms with Crippen LogP contribution in [-0.4, -0.2) is 28.9 Å². The predicted octanol–water partition coefficient (Wildman–Crippen LogP) is 0.441. The van der Waals surface area contributed by atoms with Crippen LogP contribution in [-0.2, 0) is 19.4 Å². The van der Waals surface area contributed by atoms with Crippen LogP contribution in [0.1, 0.15) is 31.0 Å². The van der Waals surface area contributed by atoms with Gasteiger partial charge in [-0.15, -0.1) is 0 Å². The lowest BCUT2D eigenvalue weighted by Gasteiger charge is -2.16. The van der Waals surface area contributed by atoms with Gasteiger partial charge in [0.1, 0.15) is 0 Å². The van der Waals surface area contributed by atoms with Gasteiger partial charge in [-0.25, -0.2) is 9.48 Å². The van der Waals surface area contributed by atoms with Crippen LogP contribution < -0.4 is 16.2 Å². The van der Waals surface area contributed by atoms with Crippen molar-refractivity contribution in [2.45, 2.75) is 39.2 Å². The summed E-state index contributed by atoms with van der Waals surface area (Å²) in [5.41, 5.74) is 2.03. The number of fused-ring (bicyclic) bond motifs is 1. The van der Waals surface area contributed by atoms with Crippen molar-refractivity contribution >= 4 is 6.03 Å². The van der Waals surface area contributed by atoms with Gasteiger partial charge in [-0.3, -0.25) is 4.79 Å². The van der Waals surface area contributed by atoms with Crippen LogP contribution in [0.2, 0.25) is 0 Å². The van der Waals surface area contributed by atoms with Gasteiger partial charge >= 0.3 is 6.03 Å². The maximum absolute atomic E-state index is 11.9.